The second kappa shape index (κ2) is 6.84. The SMILES string of the molecule is C=C/C(=C\C1(n2ccc(C)n2)CC1C(C)CC)c1ccc2ccccc2c1. The van der Waals surface area contributed by atoms with Crippen molar-refractivity contribution in [3.63, 3.8) is 0 Å². The molecular formula is C25H28N2. The number of rotatable bonds is 6. The van der Waals surface area contributed by atoms with Crippen LogP contribution in [0.1, 0.15) is 37.9 Å². The molecule has 4 rings (SSSR count). The maximum atomic E-state index is 4.78. The zero-order valence-corrected chi connectivity index (χ0v) is 16.5. The van der Waals surface area contributed by atoms with E-state index in [1.54, 1.807) is 0 Å². The molecule has 3 unspecified atom stereocenters. The van der Waals surface area contributed by atoms with E-state index < -0.39 is 0 Å². The zero-order chi connectivity index (χ0) is 19.0. The van der Waals surface area contributed by atoms with Gasteiger partial charge < -0.3 is 0 Å². The number of aryl methyl sites for hydroxylation is 1. The lowest BCUT2D eigenvalue weighted by atomic mass is 9.95. The van der Waals surface area contributed by atoms with E-state index in [0.717, 1.165) is 12.1 Å². The van der Waals surface area contributed by atoms with E-state index in [9.17, 15) is 0 Å². The van der Waals surface area contributed by atoms with E-state index in [2.05, 4.69) is 92.8 Å². The van der Waals surface area contributed by atoms with Crippen molar-refractivity contribution in [3.05, 3.63) is 84.7 Å². The number of benzene rings is 2. The van der Waals surface area contributed by atoms with Gasteiger partial charge in [0.2, 0.25) is 0 Å². The Bertz CT molecular complexity index is 1010. The van der Waals surface area contributed by atoms with Crippen LogP contribution in [0.2, 0.25) is 0 Å². The van der Waals surface area contributed by atoms with Gasteiger partial charge in [-0.15, -0.1) is 0 Å². The van der Waals surface area contributed by atoms with Crippen LogP contribution < -0.4 is 0 Å². The molecule has 1 saturated carbocycles. The van der Waals surface area contributed by atoms with Gasteiger partial charge in [-0.2, -0.15) is 5.10 Å². The van der Waals surface area contributed by atoms with Gasteiger partial charge >= 0.3 is 0 Å². The van der Waals surface area contributed by atoms with E-state index in [1.807, 2.05) is 6.08 Å². The van der Waals surface area contributed by atoms with Gasteiger partial charge in [-0.3, -0.25) is 4.68 Å². The third kappa shape index (κ3) is 3.14. The monoisotopic (exact) mass is 356 g/mol. The minimum atomic E-state index is -0.0289. The predicted octanol–water partition coefficient (Wildman–Crippen LogP) is 6.38. The van der Waals surface area contributed by atoms with E-state index >= 15 is 0 Å². The molecule has 2 heteroatoms. The Labute approximate surface area is 162 Å². The molecule has 2 aromatic carbocycles. The Balaban J connectivity index is 1.79. The van der Waals surface area contributed by atoms with Crippen LogP contribution in [0.3, 0.4) is 0 Å². The van der Waals surface area contributed by atoms with Gasteiger partial charge in [0.1, 0.15) is 0 Å². The van der Waals surface area contributed by atoms with Crippen molar-refractivity contribution < 1.29 is 0 Å². The fraction of sp³-hybridized carbons (Fsp3) is 0.320. The highest BCUT2D eigenvalue weighted by atomic mass is 15.3. The lowest BCUT2D eigenvalue weighted by Crippen LogP contribution is -2.21. The quantitative estimate of drug-likeness (QED) is 0.469. The van der Waals surface area contributed by atoms with E-state index in [0.29, 0.717) is 11.8 Å². The molecule has 3 aromatic rings. The van der Waals surface area contributed by atoms with Crippen LogP contribution in [-0.4, -0.2) is 9.78 Å². The molecule has 3 atom stereocenters. The third-order valence-corrected chi connectivity index (χ3v) is 6.22. The summed E-state index contributed by atoms with van der Waals surface area (Å²) in [5, 5.41) is 7.31. The topological polar surface area (TPSA) is 17.8 Å². The number of aromatic nitrogens is 2. The molecule has 0 N–H and O–H groups in total. The molecular weight excluding hydrogens is 328 g/mol. The Hall–Kier alpha value is -2.61. The van der Waals surface area contributed by atoms with Crippen LogP contribution in [0.4, 0.5) is 0 Å². The molecule has 0 amide bonds. The molecule has 1 aliphatic rings. The second-order valence-corrected chi connectivity index (χ2v) is 7.95. The molecule has 1 heterocycles. The van der Waals surface area contributed by atoms with E-state index in [1.165, 1.54) is 28.3 Å². The maximum Gasteiger partial charge on any atom is 0.0851 e. The first-order valence-electron chi connectivity index (χ1n) is 9.94. The normalized spacial score (nSPS) is 23.4. The first kappa shape index (κ1) is 17.8. The molecule has 1 aromatic heterocycles. The van der Waals surface area contributed by atoms with Gasteiger partial charge in [-0.05, 0) is 65.3 Å². The summed E-state index contributed by atoms with van der Waals surface area (Å²) in [6, 6.07) is 17.3. The summed E-state index contributed by atoms with van der Waals surface area (Å²) in [6.45, 7) is 10.8. The van der Waals surface area contributed by atoms with E-state index in [-0.39, 0.29) is 5.54 Å². The average Bonchev–Trinajstić information content (AvgIpc) is 3.27. The molecule has 0 bridgehead atoms. The lowest BCUT2D eigenvalue weighted by Gasteiger charge is -2.19. The Morgan fingerprint density at radius 2 is 2.04 bits per heavy atom. The summed E-state index contributed by atoms with van der Waals surface area (Å²) < 4.78 is 2.18. The van der Waals surface area contributed by atoms with Crippen LogP contribution in [-0.2, 0) is 5.54 Å². The maximum absolute atomic E-state index is 4.78. The number of nitrogens with zero attached hydrogens (tertiary/aromatic N) is 2. The van der Waals surface area contributed by atoms with Crippen molar-refractivity contribution >= 4 is 16.3 Å². The summed E-state index contributed by atoms with van der Waals surface area (Å²) in [5.74, 6) is 1.30. The molecule has 2 nitrogen and oxygen atoms in total. The highest BCUT2D eigenvalue weighted by Gasteiger charge is 2.56. The first-order valence-corrected chi connectivity index (χ1v) is 9.94. The molecule has 27 heavy (non-hydrogen) atoms. The number of hydrogen-bond acceptors (Lipinski definition) is 1. The van der Waals surface area contributed by atoms with Gasteiger partial charge in [0.25, 0.3) is 0 Å². The molecule has 1 aliphatic carbocycles. The van der Waals surface area contributed by atoms with Crippen molar-refractivity contribution in [1.82, 2.24) is 9.78 Å². The van der Waals surface area contributed by atoms with Crippen LogP contribution in [0, 0.1) is 18.8 Å². The molecule has 0 spiro atoms. The van der Waals surface area contributed by atoms with Gasteiger partial charge in [0, 0.05) is 6.20 Å². The predicted molar refractivity (Wildman–Crippen MR) is 115 cm³/mol. The summed E-state index contributed by atoms with van der Waals surface area (Å²) in [6.07, 6.45) is 8.88. The van der Waals surface area contributed by atoms with Gasteiger partial charge in [0.05, 0.1) is 11.2 Å². The molecule has 0 radical (unpaired) electrons. The third-order valence-electron chi connectivity index (χ3n) is 6.22. The van der Waals surface area contributed by atoms with Gasteiger partial charge in [-0.25, -0.2) is 0 Å². The van der Waals surface area contributed by atoms with Gasteiger partial charge in [0.15, 0.2) is 0 Å². The number of hydrogen-bond donors (Lipinski definition) is 0. The highest BCUT2D eigenvalue weighted by Crippen LogP contribution is 2.57. The van der Waals surface area contributed by atoms with Crippen molar-refractivity contribution in [2.75, 3.05) is 0 Å². The standard InChI is InChI=1S/C25H28N2/c1-5-18(3)24-17-25(24,27-14-13-19(4)26-27)16-20(6-2)23-12-11-21-9-7-8-10-22(21)15-23/h6-16,18,24H,2,5,17H2,1,3-4H3/b20-16+. The van der Waals surface area contributed by atoms with Crippen LogP contribution in [0.25, 0.3) is 16.3 Å². The highest BCUT2D eigenvalue weighted by molar-refractivity contribution is 5.88. The molecule has 1 fully saturated rings. The Kier molecular flexibility index (Phi) is 4.51. The van der Waals surface area contributed by atoms with Crippen molar-refractivity contribution in [1.29, 1.82) is 0 Å². The number of fused-ring (bicyclic) bond motifs is 1. The van der Waals surface area contributed by atoms with Gasteiger partial charge in [-0.1, -0.05) is 69.3 Å². The van der Waals surface area contributed by atoms with Crippen molar-refractivity contribution in [2.24, 2.45) is 11.8 Å². The smallest absolute Gasteiger partial charge is 0.0851 e. The average molecular weight is 357 g/mol. The zero-order valence-electron chi connectivity index (χ0n) is 16.5. The van der Waals surface area contributed by atoms with Crippen molar-refractivity contribution in [2.45, 2.75) is 39.2 Å². The largest absolute Gasteiger partial charge is 0.262 e. The summed E-state index contributed by atoms with van der Waals surface area (Å²) in [4.78, 5) is 0. The van der Waals surface area contributed by atoms with Crippen molar-refractivity contribution in [3.8, 4) is 0 Å². The second-order valence-electron chi connectivity index (χ2n) is 7.95. The minimum Gasteiger partial charge on any atom is -0.262 e. The van der Waals surface area contributed by atoms with E-state index in [4.69, 9.17) is 5.10 Å². The summed E-state index contributed by atoms with van der Waals surface area (Å²) >= 11 is 0. The fourth-order valence-corrected chi connectivity index (χ4v) is 4.31. The summed E-state index contributed by atoms with van der Waals surface area (Å²) in [7, 11) is 0. The minimum absolute atomic E-state index is 0.0289. The summed E-state index contributed by atoms with van der Waals surface area (Å²) in [5.41, 5.74) is 3.46. The Morgan fingerprint density at radius 3 is 2.70 bits per heavy atom. The van der Waals surface area contributed by atoms with Crippen LogP contribution in [0.15, 0.2) is 73.5 Å². The van der Waals surface area contributed by atoms with Crippen LogP contribution >= 0.6 is 0 Å². The molecule has 0 aliphatic heterocycles. The molecule has 138 valence electrons. The number of allylic oxidation sites excluding steroid dienone is 3. The Morgan fingerprint density at radius 1 is 1.26 bits per heavy atom. The fourth-order valence-electron chi connectivity index (χ4n) is 4.31. The first-order chi connectivity index (χ1) is 13.1. The van der Waals surface area contributed by atoms with Crippen LogP contribution in [0.5, 0.6) is 0 Å². The lowest BCUT2D eigenvalue weighted by molar-refractivity contribution is 0.388. The molecule has 0 saturated heterocycles.